The summed E-state index contributed by atoms with van der Waals surface area (Å²) in [5.74, 6) is 0.0611. The molecule has 0 N–H and O–H groups in total. The second-order valence-corrected chi connectivity index (χ2v) is 11.6. The normalized spacial score (nSPS) is 20.2. The number of hydrogen-bond acceptors (Lipinski definition) is 6. The second-order valence-electron chi connectivity index (χ2n) is 7.74. The standard InChI is InChI=1S/C21H25N3O6S2/c1-31(26,27)24-12-11-20(30-19-10-6-5-9-18(19)24)21(25)22-13-15-23(16-14-22)32(28,29)17-7-3-2-4-8-17/h2-10,20H,11-16H2,1H3. The fourth-order valence-electron chi connectivity index (χ4n) is 3.94. The molecule has 2 aliphatic rings. The van der Waals surface area contributed by atoms with Gasteiger partial charge in [-0.1, -0.05) is 30.3 Å². The van der Waals surface area contributed by atoms with Gasteiger partial charge in [0.15, 0.2) is 6.10 Å². The Morgan fingerprint density at radius 1 is 0.875 bits per heavy atom. The van der Waals surface area contributed by atoms with E-state index in [0.717, 1.165) is 6.26 Å². The summed E-state index contributed by atoms with van der Waals surface area (Å²) in [5.41, 5.74) is 0.407. The second kappa shape index (κ2) is 8.72. The maximum Gasteiger partial charge on any atom is 0.263 e. The van der Waals surface area contributed by atoms with Crippen molar-refractivity contribution in [1.82, 2.24) is 9.21 Å². The first-order valence-corrected chi connectivity index (χ1v) is 13.5. The molecule has 0 bridgehead atoms. The summed E-state index contributed by atoms with van der Waals surface area (Å²) >= 11 is 0. The van der Waals surface area contributed by atoms with E-state index >= 15 is 0 Å². The highest BCUT2D eigenvalue weighted by atomic mass is 32.2. The third-order valence-corrected chi connectivity index (χ3v) is 8.70. The number of rotatable bonds is 4. The molecule has 0 aromatic heterocycles. The summed E-state index contributed by atoms with van der Waals surface area (Å²) in [4.78, 5) is 15.0. The number of fused-ring (bicyclic) bond motifs is 1. The van der Waals surface area contributed by atoms with Crippen molar-refractivity contribution in [2.45, 2.75) is 17.4 Å². The van der Waals surface area contributed by atoms with Crippen molar-refractivity contribution in [1.29, 1.82) is 0 Å². The van der Waals surface area contributed by atoms with E-state index in [2.05, 4.69) is 0 Å². The largest absolute Gasteiger partial charge is 0.478 e. The third kappa shape index (κ3) is 4.45. The topological polar surface area (TPSA) is 104 Å². The number of piperazine rings is 1. The highest BCUT2D eigenvalue weighted by Crippen LogP contribution is 2.34. The van der Waals surface area contributed by atoms with Gasteiger partial charge in [0, 0.05) is 39.1 Å². The molecule has 4 rings (SSSR count). The van der Waals surface area contributed by atoms with Crippen molar-refractivity contribution in [3.63, 3.8) is 0 Å². The first-order valence-electron chi connectivity index (χ1n) is 10.3. The van der Waals surface area contributed by atoms with Gasteiger partial charge >= 0.3 is 0 Å². The van der Waals surface area contributed by atoms with Crippen LogP contribution in [0.2, 0.25) is 0 Å². The van der Waals surface area contributed by atoms with E-state index in [1.54, 1.807) is 59.5 Å². The number of para-hydroxylation sites is 2. The summed E-state index contributed by atoms with van der Waals surface area (Å²) in [6, 6.07) is 14.9. The van der Waals surface area contributed by atoms with Crippen LogP contribution in [0.1, 0.15) is 6.42 Å². The van der Waals surface area contributed by atoms with Crippen molar-refractivity contribution < 1.29 is 26.4 Å². The summed E-state index contributed by atoms with van der Waals surface area (Å²) in [5, 5.41) is 0. The molecule has 11 heteroatoms. The number of anilines is 1. The third-order valence-electron chi connectivity index (χ3n) is 5.60. The summed E-state index contributed by atoms with van der Waals surface area (Å²) < 4.78 is 58.7. The quantitative estimate of drug-likeness (QED) is 0.651. The van der Waals surface area contributed by atoms with Crippen LogP contribution in [0.3, 0.4) is 0 Å². The fourth-order valence-corrected chi connectivity index (χ4v) is 6.33. The lowest BCUT2D eigenvalue weighted by molar-refractivity contribution is -0.140. The predicted molar refractivity (Wildman–Crippen MR) is 119 cm³/mol. The van der Waals surface area contributed by atoms with Gasteiger partial charge < -0.3 is 9.64 Å². The number of nitrogens with zero attached hydrogens (tertiary/aromatic N) is 3. The van der Waals surface area contributed by atoms with E-state index in [4.69, 9.17) is 4.74 Å². The van der Waals surface area contributed by atoms with Crippen LogP contribution >= 0.6 is 0 Å². The van der Waals surface area contributed by atoms with Crippen molar-refractivity contribution in [3.8, 4) is 5.75 Å². The molecule has 2 aromatic carbocycles. The zero-order valence-electron chi connectivity index (χ0n) is 17.6. The zero-order valence-corrected chi connectivity index (χ0v) is 19.3. The van der Waals surface area contributed by atoms with Crippen LogP contribution in [0, 0.1) is 0 Å². The number of ether oxygens (including phenoxy) is 1. The van der Waals surface area contributed by atoms with Gasteiger partial charge in [-0.15, -0.1) is 0 Å². The monoisotopic (exact) mass is 479 g/mol. The highest BCUT2D eigenvalue weighted by molar-refractivity contribution is 7.92. The van der Waals surface area contributed by atoms with Gasteiger partial charge in [-0.3, -0.25) is 9.10 Å². The molecular formula is C21H25N3O6S2. The molecule has 2 heterocycles. The molecular weight excluding hydrogens is 454 g/mol. The minimum absolute atomic E-state index is 0.120. The lowest BCUT2D eigenvalue weighted by Crippen LogP contribution is -2.53. The van der Waals surface area contributed by atoms with Gasteiger partial charge in [-0.25, -0.2) is 16.8 Å². The van der Waals surface area contributed by atoms with Gasteiger partial charge in [-0.2, -0.15) is 4.31 Å². The number of amides is 1. The molecule has 1 unspecified atom stereocenters. The van der Waals surface area contributed by atoms with Gasteiger partial charge in [0.25, 0.3) is 5.91 Å². The number of carbonyl (C=O) groups is 1. The Kier molecular flexibility index (Phi) is 6.15. The minimum Gasteiger partial charge on any atom is -0.478 e. The van der Waals surface area contributed by atoms with E-state index in [1.165, 1.54) is 8.61 Å². The van der Waals surface area contributed by atoms with Gasteiger partial charge in [-0.05, 0) is 24.3 Å². The average Bonchev–Trinajstić information content (AvgIpc) is 2.99. The maximum atomic E-state index is 13.2. The Morgan fingerprint density at radius 3 is 2.16 bits per heavy atom. The number of sulfonamides is 2. The van der Waals surface area contributed by atoms with E-state index < -0.39 is 26.2 Å². The Balaban J connectivity index is 1.46. The van der Waals surface area contributed by atoms with Gasteiger partial charge in [0.2, 0.25) is 20.0 Å². The van der Waals surface area contributed by atoms with E-state index in [1.807, 2.05) is 0 Å². The Hall–Kier alpha value is -2.63. The Labute approximate surface area is 188 Å². The Bertz CT molecular complexity index is 1190. The van der Waals surface area contributed by atoms with Gasteiger partial charge in [0.05, 0.1) is 16.8 Å². The van der Waals surface area contributed by atoms with Gasteiger partial charge in [0.1, 0.15) is 5.75 Å². The average molecular weight is 480 g/mol. The summed E-state index contributed by atoms with van der Waals surface area (Å²) in [7, 11) is -7.15. The molecule has 0 saturated carbocycles. The number of benzene rings is 2. The zero-order chi connectivity index (χ0) is 22.9. The molecule has 2 aromatic rings. The molecule has 0 radical (unpaired) electrons. The first kappa shape index (κ1) is 22.6. The molecule has 0 spiro atoms. The molecule has 1 fully saturated rings. The van der Waals surface area contributed by atoms with Crippen LogP contribution in [0.4, 0.5) is 5.69 Å². The molecule has 1 amide bonds. The van der Waals surface area contributed by atoms with Crippen molar-refractivity contribution >= 4 is 31.6 Å². The number of hydrogen-bond donors (Lipinski definition) is 0. The summed E-state index contributed by atoms with van der Waals surface area (Å²) in [6.07, 6.45) is 0.474. The van der Waals surface area contributed by atoms with Crippen LogP contribution in [0.5, 0.6) is 5.75 Å². The van der Waals surface area contributed by atoms with Crippen molar-refractivity contribution in [3.05, 3.63) is 54.6 Å². The molecule has 2 aliphatic heterocycles. The predicted octanol–water partition coefficient (Wildman–Crippen LogP) is 1.14. The molecule has 1 atom stereocenters. The van der Waals surface area contributed by atoms with Crippen molar-refractivity contribution in [2.75, 3.05) is 43.3 Å². The smallest absolute Gasteiger partial charge is 0.263 e. The molecule has 0 aliphatic carbocycles. The first-order chi connectivity index (χ1) is 15.2. The lowest BCUT2D eigenvalue weighted by atomic mass is 10.2. The van der Waals surface area contributed by atoms with E-state index in [0.29, 0.717) is 11.4 Å². The summed E-state index contributed by atoms with van der Waals surface area (Å²) in [6.45, 7) is 0.961. The molecule has 172 valence electrons. The highest BCUT2D eigenvalue weighted by Gasteiger charge is 2.36. The SMILES string of the molecule is CS(=O)(=O)N1CCC(C(=O)N2CCN(S(=O)(=O)c3ccccc3)CC2)Oc2ccccc21. The molecule has 32 heavy (non-hydrogen) atoms. The van der Waals surface area contributed by atoms with Crippen LogP contribution in [-0.4, -0.2) is 77.0 Å². The fraction of sp³-hybridized carbons (Fsp3) is 0.381. The lowest BCUT2D eigenvalue weighted by Gasteiger charge is -2.35. The van der Waals surface area contributed by atoms with Crippen LogP contribution in [0.15, 0.2) is 59.5 Å². The van der Waals surface area contributed by atoms with Crippen LogP contribution < -0.4 is 9.04 Å². The van der Waals surface area contributed by atoms with E-state index in [-0.39, 0.29) is 49.9 Å². The van der Waals surface area contributed by atoms with Crippen LogP contribution in [-0.2, 0) is 24.8 Å². The Morgan fingerprint density at radius 2 is 1.50 bits per heavy atom. The van der Waals surface area contributed by atoms with Crippen molar-refractivity contribution in [2.24, 2.45) is 0 Å². The van der Waals surface area contributed by atoms with Crippen LogP contribution in [0.25, 0.3) is 0 Å². The molecule has 9 nitrogen and oxygen atoms in total. The molecule has 1 saturated heterocycles. The van der Waals surface area contributed by atoms with E-state index in [9.17, 15) is 21.6 Å². The maximum absolute atomic E-state index is 13.2. The minimum atomic E-state index is -3.61. The number of carbonyl (C=O) groups excluding carboxylic acids is 1.